The molecule has 1 aromatic rings. The van der Waals surface area contributed by atoms with Gasteiger partial charge in [0.2, 0.25) is 0 Å². The van der Waals surface area contributed by atoms with E-state index in [4.69, 9.17) is 15.3 Å². The molecule has 1 unspecified atom stereocenters. The topological polar surface area (TPSA) is 77.8 Å². The van der Waals surface area contributed by atoms with Gasteiger partial charge in [0.25, 0.3) is 0 Å². The number of aliphatic hydroxyl groups excluding tert-OH is 1. The maximum atomic E-state index is 9.60. The molecule has 0 aliphatic heterocycles. The van der Waals surface area contributed by atoms with Gasteiger partial charge in [-0.2, -0.15) is 0 Å². The summed E-state index contributed by atoms with van der Waals surface area (Å²) in [6.45, 7) is 8.14. The van der Waals surface area contributed by atoms with Gasteiger partial charge >= 0.3 is 5.97 Å². The summed E-state index contributed by atoms with van der Waals surface area (Å²) in [4.78, 5) is 9.60. The number of benzene rings is 1. The minimum Gasteiger partial charge on any atom is -0.478 e. The first-order chi connectivity index (χ1) is 8.40. The molecule has 0 saturated carbocycles. The first-order valence-corrected chi connectivity index (χ1v) is 5.32. The highest BCUT2D eigenvalue weighted by Gasteiger charge is 2.13. The van der Waals surface area contributed by atoms with Crippen molar-refractivity contribution in [3.8, 4) is 0 Å². The Labute approximate surface area is 107 Å². The predicted octanol–water partition coefficient (Wildman–Crippen LogP) is 1.91. The summed E-state index contributed by atoms with van der Waals surface area (Å²) in [6.07, 6.45) is 0.157. The highest BCUT2D eigenvalue weighted by molar-refractivity contribution is 5.84. The first-order valence-electron chi connectivity index (χ1n) is 5.32. The van der Waals surface area contributed by atoms with Gasteiger partial charge in [-0.25, -0.2) is 4.79 Å². The Kier molecular flexibility index (Phi) is 7.35. The lowest BCUT2D eigenvalue weighted by atomic mass is 9.99. The summed E-state index contributed by atoms with van der Waals surface area (Å²) in [7, 11) is 0. The number of carboxylic acids is 1. The lowest BCUT2D eigenvalue weighted by Gasteiger charge is -2.14. The predicted molar refractivity (Wildman–Crippen MR) is 70.1 cm³/mol. The SMILES string of the molecule is C=C(C)C(=O)O.C=CC(c1ccccc1)C(O)O. The molecule has 0 bridgehead atoms. The van der Waals surface area contributed by atoms with Crippen molar-refractivity contribution in [3.63, 3.8) is 0 Å². The molecule has 0 spiro atoms. The Morgan fingerprint density at radius 3 is 2.00 bits per heavy atom. The number of aliphatic carboxylic acids is 1. The first kappa shape index (κ1) is 16.1. The lowest BCUT2D eigenvalue weighted by molar-refractivity contribution is -0.132. The second-order valence-electron chi connectivity index (χ2n) is 3.67. The summed E-state index contributed by atoms with van der Waals surface area (Å²) in [5.41, 5.74) is 1.04. The second-order valence-corrected chi connectivity index (χ2v) is 3.67. The molecule has 3 N–H and O–H groups in total. The zero-order valence-corrected chi connectivity index (χ0v) is 10.3. The Bertz CT molecular complexity index is 384. The van der Waals surface area contributed by atoms with E-state index >= 15 is 0 Å². The third-order valence-corrected chi connectivity index (χ3v) is 2.12. The number of hydrogen-bond acceptors (Lipinski definition) is 3. The fourth-order valence-electron chi connectivity index (χ4n) is 1.11. The van der Waals surface area contributed by atoms with E-state index in [-0.39, 0.29) is 5.57 Å². The van der Waals surface area contributed by atoms with Crippen LogP contribution in [0.2, 0.25) is 0 Å². The number of carboxylic acid groups (broad SMARTS) is 1. The van der Waals surface area contributed by atoms with Crippen molar-refractivity contribution in [2.24, 2.45) is 0 Å². The Morgan fingerprint density at radius 1 is 1.28 bits per heavy atom. The van der Waals surface area contributed by atoms with Crippen LogP contribution in [0.25, 0.3) is 0 Å². The number of carbonyl (C=O) groups is 1. The monoisotopic (exact) mass is 250 g/mol. The van der Waals surface area contributed by atoms with Gasteiger partial charge in [0.1, 0.15) is 0 Å². The van der Waals surface area contributed by atoms with Crippen molar-refractivity contribution in [1.82, 2.24) is 0 Å². The third-order valence-electron chi connectivity index (χ3n) is 2.12. The van der Waals surface area contributed by atoms with Gasteiger partial charge in [0.05, 0.1) is 5.92 Å². The van der Waals surface area contributed by atoms with E-state index in [9.17, 15) is 4.79 Å². The van der Waals surface area contributed by atoms with E-state index in [0.717, 1.165) is 5.56 Å². The molecule has 0 aliphatic carbocycles. The molecule has 1 aromatic carbocycles. The van der Waals surface area contributed by atoms with Crippen molar-refractivity contribution in [2.45, 2.75) is 19.1 Å². The van der Waals surface area contributed by atoms with E-state index in [1.807, 2.05) is 30.3 Å². The summed E-state index contributed by atoms with van der Waals surface area (Å²) in [5.74, 6) is -1.33. The standard InChI is InChI=1S/C10H12O2.C4H6O2/c1-2-9(10(11)12)8-6-4-3-5-7-8;1-3(2)4(5)6/h2-7,9-12H,1H2;1H2,2H3,(H,5,6). The Hall–Kier alpha value is -1.91. The summed E-state index contributed by atoms with van der Waals surface area (Å²) < 4.78 is 0. The van der Waals surface area contributed by atoms with Crippen LogP contribution in [0.3, 0.4) is 0 Å². The van der Waals surface area contributed by atoms with Gasteiger partial charge in [-0.15, -0.1) is 6.58 Å². The molecule has 0 aromatic heterocycles. The summed E-state index contributed by atoms with van der Waals surface area (Å²) in [6, 6.07) is 9.27. The average Bonchev–Trinajstić information content (AvgIpc) is 2.31. The molecular formula is C14H18O4. The molecule has 98 valence electrons. The van der Waals surface area contributed by atoms with Gasteiger partial charge in [-0.05, 0) is 12.5 Å². The Balaban J connectivity index is 0.000000411. The molecule has 1 atom stereocenters. The molecule has 4 heteroatoms. The number of hydrogen-bond donors (Lipinski definition) is 3. The van der Waals surface area contributed by atoms with Crippen molar-refractivity contribution in [3.05, 3.63) is 60.7 Å². The van der Waals surface area contributed by atoms with Gasteiger partial charge in [0, 0.05) is 5.57 Å². The van der Waals surface area contributed by atoms with Gasteiger partial charge in [0.15, 0.2) is 6.29 Å². The van der Waals surface area contributed by atoms with E-state index in [0.29, 0.717) is 0 Å². The van der Waals surface area contributed by atoms with E-state index < -0.39 is 18.2 Å². The van der Waals surface area contributed by atoms with Crippen LogP contribution in [-0.2, 0) is 4.79 Å². The normalized spacial score (nSPS) is 11.1. The fourth-order valence-corrected chi connectivity index (χ4v) is 1.11. The van der Waals surface area contributed by atoms with Gasteiger partial charge in [-0.3, -0.25) is 0 Å². The molecule has 18 heavy (non-hydrogen) atoms. The fraction of sp³-hybridized carbons (Fsp3) is 0.214. The zero-order valence-electron chi connectivity index (χ0n) is 10.3. The highest BCUT2D eigenvalue weighted by atomic mass is 16.5. The van der Waals surface area contributed by atoms with Crippen LogP contribution in [-0.4, -0.2) is 27.6 Å². The van der Waals surface area contributed by atoms with Crippen LogP contribution in [0.5, 0.6) is 0 Å². The van der Waals surface area contributed by atoms with Crippen molar-refractivity contribution in [1.29, 1.82) is 0 Å². The molecule has 1 rings (SSSR count). The number of aliphatic hydroxyl groups is 2. The second kappa shape index (κ2) is 8.22. The van der Waals surface area contributed by atoms with E-state index in [1.165, 1.54) is 13.0 Å². The van der Waals surface area contributed by atoms with Gasteiger partial charge in [-0.1, -0.05) is 43.0 Å². The molecule has 0 heterocycles. The largest absolute Gasteiger partial charge is 0.478 e. The Morgan fingerprint density at radius 2 is 1.72 bits per heavy atom. The van der Waals surface area contributed by atoms with Crippen LogP contribution in [0, 0.1) is 0 Å². The van der Waals surface area contributed by atoms with Crippen LogP contribution in [0.15, 0.2) is 55.1 Å². The third kappa shape index (κ3) is 5.98. The maximum absolute atomic E-state index is 9.60. The van der Waals surface area contributed by atoms with Crippen LogP contribution in [0.4, 0.5) is 0 Å². The van der Waals surface area contributed by atoms with E-state index in [1.54, 1.807) is 0 Å². The van der Waals surface area contributed by atoms with Crippen LogP contribution >= 0.6 is 0 Å². The lowest BCUT2D eigenvalue weighted by Crippen LogP contribution is -2.15. The van der Waals surface area contributed by atoms with Crippen molar-refractivity contribution >= 4 is 5.97 Å². The van der Waals surface area contributed by atoms with Crippen LogP contribution < -0.4 is 0 Å². The molecule has 0 radical (unpaired) electrons. The molecule has 0 saturated heterocycles. The summed E-state index contributed by atoms with van der Waals surface area (Å²) in [5, 5.41) is 25.8. The minimum atomic E-state index is -1.37. The summed E-state index contributed by atoms with van der Waals surface area (Å²) >= 11 is 0. The van der Waals surface area contributed by atoms with Crippen molar-refractivity contribution in [2.75, 3.05) is 0 Å². The maximum Gasteiger partial charge on any atom is 0.330 e. The smallest absolute Gasteiger partial charge is 0.330 e. The number of rotatable bonds is 4. The molecule has 0 fully saturated rings. The molecule has 0 aliphatic rings. The van der Waals surface area contributed by atoms with Crippen LogP contribution in [0.1, 0.15) is 18.4 Å². The average molecular weight is 250 g/mol. The molecule has 4 nitrogen and oxygen atoms in total. The minimum absolute atomic E-state index is 0.176. The molecule has 0 amide bonds. The quantitative estimate of drug-likeness (QED) is 0.433. The van der Waals surface area contributed by atoms with Gasteiger partial charge < -0.3 is 15.3 Å². The van der Waals surface area contributed by atoms with E-state index in [2.05, 4.69) is 13.2 Å². The zero-order chi connectivity index (χ0) is 14.1. The highest BCUT2D eigenvalue weighted by Crippen LogP contribution is 2.18. The molecular weight excluding hydrogens is 232 g/mol. The van der Waals surface area contributed by atoms with Crippen molar-refractivity contribution < 1.29 is 20.1 Å².